The van der Waals surface area contributed by atoms with Crippen LogP contribution < -0.4 is 5.73 Å². The van der Waals surface area contributed by atoms with Crippen molar-refractivity contribution in [2.75, 3.05) is 6.54 Å². The summed E-state index contributed by atoms with van der Waals surface area (Å²) in [6.45, 7) is 6.71. The Labute approximate surface area is 97.9 Å². The summed E-state index contributed by atoms with van der Waals surface area (Å²) >= 11 is 0. The third-order valence-corrected chi connectivity index (χ3v) is 3.29. The van der Waals surface area contributed by atoms with Crippen LogP contribution in [-0.2, 0) is 0 Å². The van der Waals surface area contributed by atoms with Gasteiger partial charge in [-0.05, 0) is 37.4 Å². The average molecular weight is 219 g/mol. The summed E-state index contributed by atoms with van der Waals surface area (Å²) in [5, 5.41) is 0. The minimum Gasteiger partial charge on any atom is -0.330 e. The SMILES string of the molecule is CCC(CN)CC(=O)c1cccc(C)c1C. The monoisotopic (exact) mass is 219 g/mol. The van der Waals surface area contributed by atoms with Gasteiger partial charge in [-0.25, -0.2) is 0 Å². The molecule has 1 aromatic carbocycles. The fourth-order valence-corrected chi connectivity index (χ4v) is 1.82. The Kier molecular flexibility index (Phi) is 4.69. The van der Waals surface area contributed by atoms with Crippen LogP contribution in [0.15, 0.2) is 18.2 Å². The molecule has 1 atom stereocenters. The highest BCUT2D eigenvalue weighted by Gasteiger charge is 2.14. The van der Waals surface area contributed by atoms with E-state index in [0.29, 0.717) is 18.9 Å². The van der Waals surface area contributed by atoms with Crippen LogP contribution in [0.2, 0.25) is 0 Å². The van der Waals surface area contributed by atoms with Crippen molar-refractivity contribution >= 4 is 5.78 Å². The Hall–Kier alpha value is -1.15. The summed E-state index contributed by atoms with van der Waals surface area (Å²) in [4.78, 5) is 12.1. The van der Waals surface area contributed by atoms with Gasteiger partial charge in [0.05, 0.1) is 0 Å². The van der Waals surface area contributed by atoms with Crippen molar-refractivity contribution in [3.8, 4) is 0 Å². The van der Waals surface area contributed by atoms with E-state index in [1.807, 2.05) is 32.0 Å². The number of benzene rings is 1. The van der Waals surface area contributed by atoms with Crippen LogP contribution >= 0.6 is 0 Å². The number of carbonyl (C=O) groups is 1. The topological polar surface area (TPSA) is 43.1 Å². The summed E-state index contributed by atoms with van der Waals surface area (Å²) in [5.41, 5.74) is 8.75. The highest BCUT2D eigenvalue weighted by Crippen LogP contribution is 2.17. The van der Waals surface area contributed by atoms with Crippen molar-refractivity contribution in [1.82, 2.24) is 0 Å². The van der Waals surface area contributed by atoms with Gasteiger partial charge in [0.2, 0.25) is 0 Å². The van der Waals surface area contributed by atoms with Gasteiger partial charge in [0.15, 0.2) is 5.78 Å². The van der Waals surface area contributed by atoms with Crippen molar-refractivity contribution < 1.29 is 4.79 Å². The number of Topliss-reactive ketones (excluding diaryl/α,β-unsaturated/α-hetero) is 1. The second-order valence-corrected chi connectivity index (χ2v) is 4.38. The van der Waals surface area contributed by atoms with Gasteiger partial charge in [0.25, 0.3) is 0 Å². The fraction of sp³-hybridized carbons (Fsp3) is 0.500. The van der Waals surface area contributed by atoms with E-state index in [0.717, 1.165) is 17.5 Å². The van der Waals surface area contributed by atoms with E-state index in [-0.39, 0.29) is 5.78 Å². The van der Waals surface area contributed by atoms with Crippen molar-refractivity contribution in [3.63, 3.8) is 0 Å². The van der Waals surface area contributed by atoms with Crippen LogP contribution in [0.1, 0.15) is 41.3 Å². The first-order valence-corrected chi connectivity index (χ1v) is 5.89. The Balaban J connectivity index is 2.84. The fourth-order valence-electron chi connectivity index (χ4n) is 1.82. The lowest BCUT2D eigenvalue weighted by atomic mass is 9.92. The lowest BCUT2D eigenvalue weighted by Gasteiger charge is -2.13. The number of ketones is 1. The Morgan fingerprint density at radius 2 is 2.06 bits per heavy atom. The van der Waals surface area contributed by atoms with Crippen LogP contribution in [0.25, 0.3) is 0 Å². The standard InChI is InChI=1S/C14H21NO/c1-4-12(9-15)8-14(16)13-7-5-6-10(2)11(13)3/h5-7,12H,4,8-9,15H2,1-3H3. The molecule has 0 aliphatic heterocycles. The molecule has 2 N–H and O–H groups in total. The summed E-state index contributed by atoms with van der Waals surface area (Å²) in [5.74, 6) is 0.533. The van der Waals surface area contributed by atoms with Gasteiger partial charge in [-0.1, -0.05) is 31.5 Å². The number of carbonyl (C=O) groups excluding carboxylic acids is 1. The third kappa shape index (κ3) is 2.92. The predicted octanol–water partition coefficient (Wildman–Crippen LogP) is 2.86. The first-order chi connectivity index (χ1) is 7.60. The molecule has 16 heavy (non-hydrogen) atoms. The number of rotatable bonds is 5. The molecule has 0 aliphatic rings. The zero-order chi connectivity index (χ0) is 12.1. The van der Waals surface area contributed by atoms with Gasteiger partial charge in [-0.2, -0.15) is 0 Å². The minimum atomic E-state index is 0.221. The molecule has 88 valence electrons. The molecule has 1 unspecified atom stereocenters. The largest absolute Gasteiger partial charge is 0.330 e. The first kappa shape index (κ1) is 12.9. The predicted molar refractivity (Wildman–Crippen MR) is 67.7 cm³/mol. The van der Waals surface area contributed by atoms with Crippen molar-refractivity contribution in [2.24, 2.45) is 11.7 Å². The van der Waals surface area contributed by atoms with Gasteiger partial charge in [0.1, 0.15) is 0 Å². The molecule has 0 bridgehead atoms. The van der Waals surface area contributed by atoms with E-state index in [1.165, 1.54) is 5.56 Å². The summed E-state index contributed by atoms with van der Waals surface area (Å²) < 4.78 is 0. The summed E-state index contributed by atoms with van der Waals surface area (Å²) in [6.07, 6.45) is 1.53. The van der Waals surface area contributed by atoms with E-state index >= 15 is 0 Å². The van der Waals surface area contributed by atoms with E-state index in [1.54, 1.807) is 0 Å². The quantitative estimate of drug-likeness (QED) is 0.774. The van der Waals surface area contributed by atoms with Crippen LogP contribution in [-0.4, -0.2) is 12.3 Å². The first-order valence-electron chi connectivity index (χ1n) is 5.89. The van der Waals surface area contributed by atoms with Gasteiger partial charge in [-0.3, -0.25) is 4.79 Å². The van der Waals surface area contributed by atoms with E-state index in [4.69, 9.17) is 5.73 Å². The molecule has 1 aromatic rings. The van der Waals surface area contributed by atoms with E-state index in [2.05, 4.69) is 6.92 Å². The minimum absolute atomic E-state index is 0.221. The highest BCUT2D eigenvalue weighted by molar-refractivity contribution is 5.97. The van der Waals surface area contributed by atoms with Gasteiger partial charge in [0, 0.05) is 12.0 Å². The second-order valence-electron chi connectivity index (χ2n) is 4.38. The Morgan fingerprint density at radius 3 is 2.62 bits per heavy atom. The molecule has 0 amide bonds. The number of aryl methyl sites for hydroxylation is 1. The Morgan fingerprint density at radius 1 is 1.38 bits per heavy atom. The maximum atomic E-state index is 12.1. The van der Waals surface area contributed by atoms with Crippen LogP contribution in [0.5, 0.6) is 0 Å². The second kappa shape index (κ2) is 5.80. The lowest BCUT2D eigenvalue weighted by molar-refractivity contribution is 0.0960. The van der Waals surface area contributed by atoms with Gasteiger partial charge >= 0.3 is 0 Å². The number of nitrogens with two attached hydrogens (primary N) is 1. The van der Waals surface area contributed by atoms with Crippen LogP contribution in [0, 0.1) is 19.8 Å². The molecule has 0 heterocycles. The van der Waals surface area contributed by atoms with Crippen LogP contribution in [0.3, 0.4) is 0 Å². The van der Waals surface area contributed by atoms with Crippen molar-refractivity contribution in [3.05, 3.63) is 34.9 Å². The van der Waals surface area contributed by atoms with Crippen molar-refractivity contribution in [1.29, 1.82) is 0 Å². The summed E-state index contributed by atoms with van der Waals surface area (Å²) in [6, 6.07) is 5.89. The van der Waals surface area contributed by atoms with E-state index in [9.17, 15) is 4.79 Å². The maximum Gasteiger partial charge on any atom is 0.163 e. The van der Waals surface area contributed by atoms with Crippen molar-refractivity contribution in [2.45, 2.75) is 33.6 Å². The zero-order valence-electron chi connectivity index (χ0n) is 10.4. The molecule has 0 fully saturated rings. The van der Waals surface area contributed by atoms with Crippen LogP contribution in [0.4, 0.5) is 0 Å². The lowest BCUT2D eigenvalue weighted by Crippen LogP contribution is -2.18. The summed E-state index contributed by atoms with van der Waals surface area (Å²) in [7, 11) is 0. The Bertz CT molecular complexity index is 367. The molecule has 0 aliphatic carbocycles. The highest BCUT2D eigenvalue weighted by atomic mass is 16.1. The maximum absolute atomic E-state index is 12.1. The number of hydrogen-bond donors (Lipinski definition) is 1. The molecule has 0 saturated heterocycles. The smallest absolute Gasteiger partial charge is 0.163 e. The normalized spacial score (nSPS) is 12.5. The van der Waals surface area contributed by atoms with Gasteiger partial charge in [-0.15, -0.1) is 0 Å². The molecular weight excluding hydrogens is 198 g/mol. The van der Waals surface area contributed by atoms with E-state index < -0.39 is 0 Å². The molecule has 0 aromatic heterocycles. The molecule has 0 saturated carbocycles. The third-order valence-electron chi connectivity index (χ3n) is 3.29. The molecule has 1 rings (SSSR count). The zero-order valence-corrected chi connectivity index (χ0v) is 10.4. The molecule has 0 spiro atoms. The average Bonchev–Trinajstić information content (AvgIpc) is 2.29. The molecule has 2 heteroatoms. The van der Waals surface area contributed by atoms with Gasteiger partial charge < -0.3 is 5.73 Å². The molecular formula is C14H21NO. The molecule has 0 radical (unpaired) electrons. The molecule has 2 nitrogen and oxygen atoms in total. The number of hydrogen-bond acceptors (Lipinski definition) is 2.